The molecule has 1 rings (SSSR count). The Balaban J connectivity index is 2.95. The number of carbonyl (C=O) groups excluding carboxylic acids is 1. The Morgan fingerprint density at radius 1 is 1.32 bits per heavy atom. The summed E-state index contributed by atoms with van der Waals surface area (Å²) < 4.78 is 37.9. The van der Waals surface area contributed by atoms with Crippen LogP contribution in [0, 0.1) is 0 Å². The third-order valence-electron chi connectivity index (χ3n) is 2.86. The van der Waals surface area contributed by atoms with Crippen molar-refractivity contribution < 1.29 is 18.0 Å². The van der Waals surface area contributed by atoms with E-state index in [0.717, 1.165) is 18.2 Å². The lowest BCUT2D eigenvalue weighted by atomic mass is 9.83. The first-order valence-electron chi connectivity index (χ1n) is 5.75. The zero-order valence-corrected chi connectivity index (χ0v) is 10.8. The average Bonchev–Trinajstić information content (AvgIpc) is 2.35. The van der Waals surface area contributed by atoms with Gasteiger partial charge in [0.05, 0.1) is 5.56 Å². The minimum Gasteiger partial charge on any atom is -0.352 e. The standard InChI is InChI=1S/C14H16F3NO/c1-4-12(19)18-9-13(2,3)10-6-5-7-11(8-10)14(15,16)17/h4-8H,1,9H2,2-3H3,(H,18,19). The van der Waals surface area contributed by atoms with Crippen LogP contribution in [0.5, 0.6) is 0 Å². The quantitative estimate of drug-likeness (QED) is 0.836. The first-order valence-corrected chi connectivity index (χ1v) is 5.75. The van der Waals surface area contributed by atoms with Gasteiger partial charge in [-0.3, -0.25) is 4.79 Å². The molecule has 0 saturated carbocycles. The van der Waals surface area contributed by atoms with Gasteiger partial charge in [0.25, 0.3) is 0 Å². The van der Waals surface area contributed by atoms with Crippen molar-refractivity contribution in [3.05, 3.63) is 48.0 Å². The number of alkyl halides is 3. The molecule has 0 fully saturated rings. The van der Waals surface area contributed by atoms with Gasteiger partial charge in [-0.15, -0.1) is 0 Å². The monoisotopic (exact) mass is 271 g/mol. The first-order chi connectivity index (χ1) is 8.66. The van der Waals surface area contributed by atoms with Gasteiger partial charge in [-0.2, -0.15) is 13.2 Å². The van der Waals surface area contributed by atoms with Gasteiger partial charge < -0.3 is 5.32 Å². The van der Waals surface area contributed by atoms with E-state index in [-0.39, 0.29) is 12.5 Å². The Kier molecular flexibility index (Phi) is 4.39. The van der Waals surface area contributed by atoms with Crippen LogP contribution in [0.25, 0.3) is 0 Å². The average molecular weight is 271 g/mol. The second-order valence-electron chi connectivity index (χ2n) is 4.88. The van der Waals surface area contributed by atoms with E-state index in [1.807, 2.05) is 0 Å². The van der Waals surface area contributed by atoms with Crippen LogP contribution in [-0.2, 0) is 16.4 Å². The zero-order valence-electron chi connectivity index (χ0n) is 10.8. The van der Waals surface area contributed by atoms with Gasteiger partial charge >= 0.3 is 6.18 Å². The second-order valence-corrected chi connectivity index (χ2v) is 4.88. The molecular weight excluding hydrogens is 255 g/mol. The number of halogens is 3. The number of nitrogens with one attached hydrogen (secondary N) is 1. The molecule has 0 unspecified atom stereocenters. The zero-order chi connectivity index (χ0) is 14.7. The van der Waals surface area contributed by atoms with Crippen LogP contribution in [0.2, 0.25) is 0 Å². The van der Waals surface area contributed by atoms with Crippen molar-refractivity contribution in [2.24, 2.45) is 0 Å². The fraction of sp³-hybridized carbons (Fsp3) is 0.357. The van der Waals surface area contributed by atoms with Crippen LogP contribution in [0.15, 0.2) is 36.9 Å². The number of rotatable bonds is 4. The summed E-state index contributed by atoms with van der Waals surface area (Å²) in [6.45, 7) is 7.09. The predicted molar refractivity (Wildman–Crippen MR) is 67.7 cm³/mol. The summed E-state index contributed by atoms with van der Waals surface area (Å²) in [6, 6.07) is 5.13. The maximum Gasteiger partial charge on any atom is 0.416 e. The lowest BCUT2D eigenvalue weighted by Crippen LogP contribution is -2.35. The summed E-state index contributed by atoms with van der Waals surface area (Å²) >= 11 is 0. The molecule has 0 aliphatic rings. The molecule has 0 heterocycles. The topological polar surface area (TPSA) is 29.1 Å². The number of hydrogen-bond donors (Lipinski definition) is 1. The van der Waals surface area contributed by atoms with Gasteiger partial charge in [0.15, 0.2) is 0 Å². The molecule has 1 N–H and O–H groups in total. The van der Waals surface area contributed by atoms with E-state index in [9.17, 15) is 18.0 Å². The second kappa shape index (κ2) is 5.47. The van der Waals surface area contributed by atoms with Crippen molar-refractivity contribution in [2.45, 2.75) is 25.4 Å². The van der Waals surface area contributed by atoms with Crippen molar-refractivity contribution in [1.29, 1.82) is 0 Å². The predicted octanol–water partition coefficient (Wildman–Crippen LogP) is 3.29. The molecule has 1 amide bonds. The van der Waals surface area contributed by atoms with Gasteiger partial charge in [0.1, 0.15) is 0 Å². The third-order valence-corrected chi connectivity index (χ3v) is 2.86. The normalized spacial score (nSPS) is 12.1. The van der Waals surface area contributed by atoms with E-state index >= 15 is 0 Å². The number of carbonyl (C=O) groups is 1. The summed E-state index contributed by atoms with van der Waals surface area (Å²) in [5.41, 5.74) is -0.764. The Bertz CT molecular complexity index is 478. The summed E-state index contributed by atoms with van der Waals surface area (Å²) in [6.07, 6.45) is -3.24. The van der Waals surface area contributed by atoms with E-state index in [1.165, 1.54) is 6.07 Å². The van der Waals surface area contributed by atoms with Crippen molar-refractivity contribution in [3.63, 3.8) is 0 Å². The molecule has 0 aliphatic carbocycles. The van der Waals surface area contributed by atoms with Crippen molar-refractivity contribution in [3.8, 4) is 0 Å². The highest BCUT2D eigenvalue weighted by Gasteiger charge is 2.32. The summed E-state index contributed by atoms with van der Waals surface area (Å²) in [5, 5.41) is 2.59. The van der Waals surface area contributed by atoms with Gasteiger partial charge in [-0.25, -0.2) is 0 Å². The number of amides is 1. The van der Waals surface area contributed by atoms with E-state index in [4.69, 9.17) is 0 Å². The van der Waals surface area contributed by atoms with Crippen LogP contribution in [-0.4, -0.2) is 12.5 Å². The van der Waals surface area contributed by atoms with Crippen molar-refractivity contribution >= 4 is 5.91 Å². The van der Waals surface area contributed by atoms with Crippen molar-refractivity contribution in [1.82, 2.24) is 5.32 Å². The molecule has 5 heteroatoms. The molecule has 1 aromatic rings. The van der Waals surface area contributed by atoms with Gasteiger partial charge in [0, 0.05) is 12.0 Å². The Hall–Kier alpha value is -1.78. The molecule has 0 bridgehead atoms. The van der Waals surface area contributed by atoms with Crippen LogP contribution < -0.4 is 5.32 Å². The van der Waals surface area contributed by atoms with Crippen molar-refractivity contribution in [2.75, 3.05) is 6.54 Å². The minimum atomic E-state index is -4.36. The smallest absolute Gasteiger partial charge is 0.352 e. The fourth-order valence-corrected chi connectivity index (χ4v) is 1.60. The highest BCUT2D eigenvalue weighted by Crippen LogP contribution is 2.32. The number of hydrogen-bond acceptors (Lipinski definition) is 1. The highest BCUT2D eigenvalue weighted by atomic mass is 19.4. The Morgan fingerprint density at radius 2 is 1.89 bits per heavy atom. The molecule has 19 heavy (non-hydrogen) atoms. The molecule has 0 aromatic heterocycles. The maximum atomic E-state index is 12.6. The first kappa shape index (κ1) is 15.3. The fourth-order valence-electron chi connectivity index (χ4n) is 1.60. The summed E-state index contributed by atoms with van der Waals surface area (Å²) in [5.74, 6) is -0.347. The Labute approximate surface area is 110 Å². The lowest BCUT2D eigenvalue weighted by molar-refractivity contribution is -0.137. The SMILES string of the molecule is C=CC(=O)NCC(C)(C)c1cccc(C(F)(F)F)c1. The summed E-state index contributed by atoms with van der Waals surface area (Å²) in [7, 11) is 0. The maximum absolute atomic E-state index is 12.6. The van der Waals surface area contributed by atoms with E-state index in [0.29, 0.717) is 5.56 Å². The van der Waals surface area contributed by atoms with Gasteiger partial charge in [-0.05, 0) is 17.7 Å². The molecule has 2 nitrogen and oxygen atoms in total. The molecule has 0 radical (unpaired) electrons. The van der Waals surface area contributed by atoms with Crippen LogP contribution in [0.1, 0.15) is 25.0 Å². The molecule has 0 atom stereocenters. The van der Waals surface area contributed by atoms with Gasteiger partial charge in [0.2, 0.25) is 5.91 Å². The molecule has 0 aliphatic heterocycles. The van der Waals surface area contributed by atoms with E-state index in [1.54, 1.807) is 19.9 Å². The third kappa shape index (κ3) is 4.12. The molecular formula is C14H16F3NO. The van der Waals surface area contributed by atoms with Crippen LogP contribution in [0.4, 0.5) is 13.2 Å². The molecule has 0 spiro atoms. The van der Waals surface area contributed by atoms with E-state index in [2.05, 4.69) is 11.9 Å². The number of benzene rings is 1. The largest absolute Gasteiger partial charge is 0.416 e. The van der Waals surface area contributed by atoms with Crippen LogP contribution >= 0.6 is 0 Å². The molecule has 104 valence electrons. The molecule has 0 saturated heterocycles. The van der Waals surface area contributed by atoms with Crippen LogP contribution in [0.3, 0.4) is 0 Å². The minimum absolute atomic E-state index is 0.235. The Morgan fingerprint density at radius 3 is 2.42 bits per heavy atom. The molecule has 1 aromatic carbocycles. The van der Waals surface area contributed by atoms with Gasteiger partial charge in [-0.1, -0.05) is 38.6 Å². The lowest BCUT2D eigenvalue weighted by Gasteiger charge is -2.26. The summed E-state index contributed by atoms with van der Waals surface area (Å²) in [4.78, 5) is 11.1. The van der Waals surface area contributed by atoms with E-state index < -0.39 is 17.2 Å². The highest BCUT2D eigenvalue weighted by molar-refractivity contribution is 5.86.